The molecular weight excluding hydrogens is 419 g/mol. The van der Waals surface area contributed by atoms with Crippen molar-refractivity contribution in [1.82, 2.24) is 19.7 Å². The first-order valence-corrected chi connectivity index (χ1v) is 10.9. The summed E-state index contributed by atoms with van der Waals surface area (Å²) < 4.78 is 21.8. The van der Waals surface area contributed by atoms with Crippen molar-refractivity contribution in [3.8, 4) is 11.3 Å². The zero-order valence-corrected chi connectivity index (χ0v) is 18.2. The molecule has 0 unspecified atom stereocenters. The average molecular weight is 440 g/mol. The highest BCUT2D eigenvalue weighted by molar-refractivity contribution is 5.98. The first kappa shape index (κ1) is 19.7. The van der Waals surface area contributed by atoms with Crippen molar-refractivity contribution in [2.75, 3.05) is 6.54 Å². The van der Waals surface area contributed by atoms with Gasteiger partial charge in [0, 0.05) is 47.3 Å². The Morgan fingerprint density at radius 3 is 2.91 bits per heavy atom. The van der Waals surface area contributed by atoms with E-state index >= 15 is 0 Å². The molecule has 0 fully saturated rings. The highest BCUT2D eigenvalue weighted by Gasteiger charge is 2.34. The number of hydrogen-bond acceptors (Lipinski definition) is 4. The van der Waals surface area contributed by atoms with Crippen LogP contribution in [-0.2, 0) is 13.5 Å². The summed E-state index contributed by atoms with van der Waals surface area (Å²) in [5, 5.41) is 6.40. The van der Waals surface area contributed by atoms with Crippen LogP contribution in [-0.4, -0.2) is 32.1 Å². The minimum absolute atomic E-state index is 0.0368. The van der Waals surface area contributed by atoms with Gasteiger partial charge < -0.3 is 9.32 Å². The van der Waals surface area contributed by atoms with E-state index in [1.54, 1.807) is 23.2 Å². The third-order valence-electron chi connectivity index (χ3n) is 6.52. The molecule has 5 aromatic rings. The van der Waals surface area contributed by atoms with Crippen LogP contribution in [0.25, 0.3) is 33.1 Å². The van der Waals surface area contributed by atoms with Gasteiger partial charge in [-0.1, -0.05) is 6.07 Å². The number of aromatic nitrogens is 3. The Balaban J connectivity index is 1.39. The Hall–Kier alpha value is -4.00. The standard InChI is InChI=1S/C26H21FN4O2/c1-15-23-20(24(30(2)29-23)21-14-19(27)13-17-8-11-33-25(17)21)7-10-31(15)26(32)18-5-6-22-16(12-18)4-3-9-28-22/h3-6,8-9,11-15H,7,10H2,1-2H3/t15-/m0/s1. The largest absolute Gasteiger partial charge is 0.464 e. The molecule has 0 N–H and O–H groups in total. The summed E-state index contributed by atoms with van der Waals surface area (Å²) >= 11 is 0. The molecule has 0 spiro atoms. The van der Waals surface area contributed by atoms with Crippen molar-refractivity contribution in [2.45, 2.75) is 19.4 Å². The van der Waals surface area contributed by atoms with Crippen LogP contribution >= 0.6 is 0 Å². The average Bonchev–Trinajstić information content (AvgIpc) is 3.42. The molecule has 3 aromatic heterocycles. The fraction of sp³-hybridized carbons (Fsp3) is 0.192. The number of pyridine rings is 1. The molecule has 0 saturated heterocycles. The second kappa shape index (κ2) is 7.27. The molecule has 6 nitrogen and oxygen atoms in total. The predicted octanol–water partition coefficient (Wildman–Crippen LogP) is 5.28. The van der Waals surface area contributed by atoms with E-state index in [0.717, 1.165) is 27.9 Å². The minimum Gasteiger partial charge on any atom is -0.464 e. The van der Waals surface area contributed by atoms with Gasteiger partial charge in [0.15, 0.2) is 0 Å². The van der Waals surface area contributed by atoms with Crippen LogP contribution in [0.4, 0.5) is 4.39 Å². The number of benzene rings is 2. The van der Waals surface area contributed by atoms with Crippen LogP contribution in [0.1, 0.15) is 34.6 Å². The van der Waals surface area contributed by atoms with E-state index < -0.39 is 0 Å². The van der Waals surface area contributed by atoms with Crippen molar-refractivity contribution in [3.05, 3.63) is 83.6 Å². The Kier molecular flexibility index (Phi) is 4.33. The van der Waals surface area contributed by atoms with Crippen LogP contribution in [0.5, 0.6) is 0 Å². The highest BCUT2D eigenvalue weighted by atomic mass is 19.1. The summed E-state index contributed by atoms with van der Waals surface area (Å²) in [5.41, 5.74) is 5.50. The van der Waals surface area contributed by atoms with Crippen LogP contribution in [0.2, 0.25) is 0 Å². The quantitative estimate of drug-likeness (QED) is 0.375. The van der Waals surface area contributed by atoms with Crippen molar-refractivity contribution in [1.29, 1.82) is 0 Å². The number of carbonyl (C=O) groups excluding carboxylic acids is 1. The summed E-state index contributed by atoms with van der Waals surface area (Å²) in [6, 6.07) is 13.9. The van der Waals surface area contributed by atoms with E-state index in [2.05, 4.69) is 4.98 Å². The van der Waals surface area contributed by atoms with Gasteiger partial charge in [0.25, 0.3) is 5.91 Å². The van der Waals surface area contributed by atoms with Gasteiger partial charge in [-0.3, -0.25) is 14.5 Å². The van der Waals surface area contributed by atoms with Gasteiger partial charge in [0.2, 0.25) is 0 Å². The van der Waals surface area contributed by atoms with Gasteiger partial charge in [-0.05, 0) is 55.8 Å². The SMILES string of the molecule is C[C@H]1c2nn(C)c(-c3cc(F)cc4ccoc34)c2CCN1C(=O)c1ccc2ncccc2c1. The second-order valence-corrected chi connectivity index (χ2v) is 8.46. The molecule has 0 aliphatic carbocycles. The van der Waals surface area contributed by atoms with Gasteiger partial charge in [-0.25, -0.2) is 4.39 Å². The van der Waals surface area contributed by atoms with Crippen molar-refractivity contribution in [3.63, 3.8) is 0 Å². The van der Waals surface area contributed by atoms with Crippen molar-refractivity contribution < 1.29 is 13.6 Å². The van der Waals surface area contributed by atoms with Gasteiger partial charge >= 0.3 is 0 Å². The molecule has 33 heavy (non-hydrogen) atoms. The number of furan rings is 1. The molecule has 1 aliphatic rings. The smallest absolute Gasteiger partial charge is 0.254 e. The van der Waals surface area contributed by atoms with E-state index in [1.165, 1.54) is 12.1 Å². The molecule has 0 bridgehead atoms. The summed E-state index contributed by atoms with van der Waals surface area (Å²) in [4.78, 5) is 19.6. The Morgan fingerprint density at radius 2 is 2.03 bits per heavy atom. The maximum absolute atomic E-state index is 14.3. The lowest BCUT2D eigenvalue weighted by Gasteiger charge is -2.33. The maximum atomic E-state index is 14.3. The number of nitrogens with zero attached hydrogens (tertiary/aromatic N) is 4. The molecule has 0 saturated carbocycles. The second-order valence-electron chi connectivity index (χ2n) is 8.46. The fourth-order valence-electron chi connectivity index (χ4n) is 4.95. The highest BCUT2D eigenvalue weighted by Crippen LogP contribution is 2.39. The number of hydrogen-bond donors (Lipinski definition) is 0. The number of fused-ring (bicyclic) bond motifs is 3. The first-order chi connectivity index (χ1) is 16.0. The van der Waals surface area contributed by atoms with E-state index in [1.807, 2.05) is 49.2 Å². The minimum atomic E-state index is -0.319. The fourth-order valence-corrected chi connectivity index (χ4v) is 4.95. The lowest BCUT2D eigenvalue weighted by atomic mass is 9.94. The maximum Gasteiger partial charge on any atom is 0.254 e. The Bertz CT molecular complexity index is 1550. The summed E-state index contributed by atoms with van der Waals surface area (Å²) in [5.74, 6) is -0.356. The Labute approximate surface area is 189 Å². The zero-order valence-electron chi connectivity index (χ0n) is 18.2. The van der Waals surface area contributed by atoms with Crippen LogP contribution in [0.3, 0.4) is 0 Å². The van der Waals surface area contributed by atoms with Crippen molar-refractivity contribution in [2.24, 2.45) is 7.05 Å². The first-order valence-electron chi connectivity index (χ1n) is 10.9. The monoisotopic (exact) mass is 440 g/mol. The number of amides is 1. The molecule has 0 radical (unpaired) electrons. The normalized spacial score (nSPS) is 15.8. The van der Waals surface area contributed by atoms with Gasteiger partial charge in [-0.15, -0.1) is 0 Å². The van der Waals surface area contributed by atoms with Gasteiger partial charge in [0.1, 0.15) is 11.4 Å². The number of carbonyl (C=O) groups is 1. The van der Waals surface area contributed by atoms with Crippen LogP contribution in [0.15, 0.2) is 65.4 Å². The lowest BCUT2D eigenvalue weighted by molar-refractivity contribution is 0.0674. The predicted molar refractivity (Wildman–Crippen MR) is 123 cm³/mol. The molecule has 1 amide bonds. The summed E-state index contributed by atoms with van der Waals surface area (Å²) in [6.07, 6.45) is 3.94. The molecule has 7 heteroatoms. The third kappa shape index (κ3) is 3.03. The van der Waals surface area contributed by atoms with Gasteiger partial charge in [0.05, 0.1) is 29.2 Å². The summed E-state index contributed by atoms with van der Waals surface area (Å²) in [6.45, 7) is 2.54. The number of aryl methyl sites for hydroxylation is 1. The van der Waals surface area contributed by atoms with Crippen LogP contribution in [0, 0.1) is 5.82 Å². The van der Waals surface area contributed by atoms with E-state index in [9.17, 15) is 9.18 Å². The molecular formula is C26H21FN4O2. The molecule has 6 rings (SSSR count). The molecule has 4 heterocycles. The van der Waals surface area contributed by atoms with Crippen molar-refractivity contribution >= 4 is 27.8 Å². The van der Waals surface area contributed by atoms with E-state index in [-0.39, 0.29) is 17.8 Å². The topological polar surface area (TPSA) is 64.2 Å². The lowest BCUT2D eigenvalue weighted by Crippen LogP contribution is -2.38. The third-order valence-corrected chi connectivity index (χ3v) is 6.52. The summed E-state index contributed by atoms with van der Waals surface area (Å²) in [7, 11) is 1.85. The number of halogens is 1. The van der Waals surface area contributed by atoms with Crippen LogP contribution < -0.4 is 0 Å². The zero-order chi connectivity index (χ0) is 22.7. The Morgan fingerprint density at radius 1 is 1.15 bits per heavy atom. The molecule has 164 valence electrons. The molecule has 1 atom stereocenters. The van der Waals surface area contributed by atoms with E-state index in [4.69, 9.17) is 9.52 Å². The molecule has 2 aromatic carbocycles. The van der Waals surface area contributed by atoms with Gasteiger partial charge in [-0.2, -0.15) is 5.10 Å². The molecule has 1 aliphatic heterocycles. The number of rotatable bonds is 2. The van der Waals surface area contributed by atoms with E-state index in [0.29, 0.717) is 35.1 Å².